The molecule has 0 aliphatic carbocycles. The molecule has 0 saturated carbocycles. The Hall–Kier alpha value is -4.64. The summed E-state index contributed by atoms with van der Waals surface area (Å²) in [5, 5.41) is 7.13. The minimum atomic E-state index is -0.776. The minimum Gasteiger partial charge on any atom is -0.361 e. The van der Waals surface area contributed by atoms with Crippen molar-refractivity contribution in [3.05, 3.63) is 138 Å². The lowest BCUT2D eigenvalue weighted by Gasteiger charge is -2.23. The van der Waals surface area contributed by atoms with Crippen LogP contribution in [0.3, 0.4) is 0 Å². The minimum absolute atomic E-state index is 0.221. The van der Waals surface area contributed by atoms with Crippen LogP contribution >= 0.6 is 0 Å². The largest absolute Gasteiger partial charge is 0.361 e. The van der Waals surface area contributed by atoms with Crippen molar-refractivity contribution in [3.8, 4) is 0 Å². The Balaban J connectivity index is 1.47. The van der Waals surface area contributed by atoms with Crippen molar-refractivity contribution >= 4 is 28.4 Å². The van der Waals surface area contributed by atoms with E-state index < -0.39 is 12.0 Å². The first kappa shape index (κ1) is 24.1. The van der Waals surface area contributed by atoms with Gasteiger partial charge in [0.05, 0.1) is 5.92 Å². The third-order valence-electron chi connectivity index (χ3n) is 6.55. The van der Waals surface area contributed by atoms with Gasteiger partial charge in [-0.15, -0.1) is 0 Å². The topological polar surface area (TPSA) is 74.0 Å². The molecule has 184 valence electrons. The number of aryl methyl sites for hydroxylation is 1. The third-order valence-corrected chi connectivity index (χ3v) is 6.55. The van der Waals surface area contributed by atoms with E-state index in [1.54, 1.807) is 0 Å². The summed E-state index contributed by atoms with van der Waals surface area (Å²) in [5.74, 6) is -1.02. The van der Waals surface area contributed by atoms with E-state index in [0.29, 0.717) is 12.1 Å². The van der Waals surface area contributed by atoms with Crippen LogP contribution in [-0.4, -0.2) is 22.8 Å². The molecule has 0 fully saturated rings. The molecule has 37 heavy (non-hydrogen) atoms. The smallest absolute Gasteiger partial charge is 0.247 e. The van der Waals surface area contributed by atoms with Crippen molar-refractivity contribution < 1.29 is 9.59 Å². The van der Waals surface area contributed by atoms with Crippen LogP contribution < -0.4 is 10.6 Å². The van der Waals surface area contributed by atoms with Gasteiger partial charge in [0.25, 0.3) is 0 Å². The standard InChI is InChI=1S/C32H29N3O2/c1-22-11-10-16-26(19-22)34-31(36)29(20-25-21-33-28-18-9-8-17-27(25)28)35-32(37)30(23-12-4-2-5-13-23)24-14-6-3-7-15-24/h2-19,21,29-30,33H,20H2,1H3,(H,34,36)(H,35,37). The van der Waals surface area contributed by atoms with E-state index in [1.807, 2.05) is 122 Å². The number of hydrogen-bond donors (Lipinski definition) is 3. The maximum atomic E-state index is 13.9. The predicted octanol–water partition coefficient (Wildman–Crippen LogP) is 5.97. The Morgan fingerprint density at radius 2 is 1.41 bits per heavy atom. The zero-order valence-corrected chi connectivity index (χ0v) is 20.6. The Morgan fingerprint density at radius 3 is 2.08 bits per heavy atom. The van der Waals surface area contributed by atoms with E-state index in [0.717, 1.165) is 33.2 Å². The Morgan fingerprint density at radius 1 is 0.757 bits per heavy atom. The molecule has 0 spiro atoms. The SMILES string of the molecule is Cc1cccc(NC(=O)C(Cc2c[nH]c3ccccc23)NC(=O)C(c2ccccc2)c2ccccc2)c1. The molecule has 2 amide bonds. The van der Waals surface area contributed by atoms with Gasteiger partial charge in [0.1, 0.15) is 6.04 Å². The monoisotopic (exact) mass is 487 g/mol. The second-order valence-electron chi connectivity index (χ2n) is 9.24. The Bertz CT molecular complexity index is 1470. The Kier molecular flexibility index (Phi) is 7.13. The number of carbonyl (C=O) groups is 2. The molecule has 0 saturated heterocycles. The molecule has 5 rings (SSSR count). The van der Waals surface area contributed by atoms with E-state index in [1.165, 1.54) is 0 Å². The molecule has 5 nitrogen and oxygen atoms in total. The predicted molar refractivity (Wildman–Crippen MR) is 148 cm³/mol. The Labute approximate surface area is 216 Å². The van der Waals surface area contributed by atoms with Crippen molar-refractivity contribution in [1.29, 1.82) is 0 Å². The van der Waals surface area contributed by atoms with Gasteiger partial charge in [-0.05, 0) is 47.4 Å². The number of aromatic nitrogens is 1. The molecule has 1 unspecified atom stereocenters. The molecule has 0 aliphatic rings. The number of rotatable bonds is 8. The molecule has 0 aliphatic heterocycles. The molecule has 5 heteroatoms. The molecular formula is C32H29N3O2. The second kappa shape index (κ2) is 11.0. The summed E-state index contributed by atoms with van der Waals surface area (Å²) >= 11 is 0. The van der Waals surface area contributed by atoms with E-state index in [-0.39, 0.29) is 11.8 Å². The molecule has 4 aromatic carbocycles. The molecule has 5 aromatic rings. The number of aromatic amines is 1. The fourth-order valence-electron chi connectivity index (χ4n) is 4.72. The van der Waals surface area contributed by atoms with Crippen molar-refractivity contribution in [2.75, 3.05) is 5.32 Å². The third kappa shape index (κ3) is 5.62. The van der Waals surface area contributed by atoms with Crippen LogP contribution in [0.4, 0.5) is 5.69 Å². The number of amides is 2. The zero-order valence-electron chi connectivity index (χ0n) is 20.6. The fourth-order valence-corrected chi connectivity index (χ4v) is 4.72. The summed E-state index contributed by atoms with van der Waals surface area (Å²) < 4.78 is 0. The number of nitrogens with one attached hydrogen (secondary N) is 3. The lowest BCUT2D eigenvalue weighted by atomic mass is 9.90. The molecular weight excluding hydrogens is 458 g/mol. The van der Waals surface area contributed by atoms with Gasteiger partial charge in [0.2, 0.25) is 11.8 Å². The summed E-state index contributed by atoms with van der Waals surface area (Å²) in [6.45, 7) is 1.98. The summed E-state index contributed by atoms with van der Waals surface area (Å²) in [6.07, 6.45) is 2.26. The quantitative estimate of drug-likeness (QED) is 0.252. The lowest BCUT2D eigenvalue weighted by molar-refractivity contribution is -0.126. The van der Waals surface area contributed by atoms with Crippen LogP contribution in [-0.2, 0) is 16.0 Å². The zero-order chi connectivity index (χ0) is 25.6. The lowest BCUT2D eigenvalue weighted by Crippen LogP contribution is -2.47. The molecule has 0 bridgehead atoms. The van der Waals surface area contributed by atoms with Crippen LogP contribution in [0.1, 0.15) is 28.2 Å². The molecule has 3 N–H and O–H groups in total. The first-order valence-corrected chi connectivity index (χ1v) is 12.4. The van der Waals surface area contributed by atoms with Crippen LogP contribution in [0.25, 0.3) is 10.9 Å². The molecule has 1 aromatic heterocycles. The number of benzene rings is 4. The second-order valence-corrected chi connectivity index (χ2v) is 9.24. The van der Waals surface area contributed by atoms with Crippen LogP contribution in [0, 0.1) is 6.92 Å². The van der Waals surface area contributed by atoms with Gasteiger partial charge in [-0.2, -0.15) is 0 Å². The van der Waals surface area contributed by atoms with Gasteiger partial charge >= 0.3 is 0 Å². The van der Waals surface area contributed by atoms with Gasteiger partial charge in [0.15, 0.2) is 0 Å². The number of fused-ring (bicyclic) bond motifs is 1. The van der Waals surface area contributed by atoms with Crippen LogP contribution in [0.15, 0.2) is 115 Å². The summed E-state index contributed by atoms with van der Waals surface area (Å²) in [4.78, 5) is 30.7. The summed E-state index contributed by atoms with van der Waals surface area (Å²) in [5.41, 5.74) is 5.45. The number of anilines is 1. The van der Waals surface area contributed by atoms with E-state index >= 15 is 0 Å². The van der Waals surface area contributed by atoms with E-state index in [4.69, 9.17) is 0 Å². The first-order valence-electron chi connectivity index (χ1n) is 12.4. The highest BCUT2D eigenvalue weighted by Crippen LogP contribution is 2.26. The van der Waals surface area contributed by atoms with Gasteiger partial charge in [-0.25, -0.2) is 0 Å². The highest BCUT2D eigenvalue weighted by Gasteiger charge is 2.28. The van der Waals surface area contributed by atoms with Gasteiger partial charge in [-0.3, -0.25) is 9.59 Å². The van der Waals surface area contributed by atoms with Gasteiger partial charge < -0.3 is 15.6 Å². The average molecular weight is 488 g/mol. The van der Waals surface area contributed by atoms with Gasteiger partial charge in [0, 0.05) is 29.2 Å². The van der Waals surface area contributed by atoms with Crippen LogP contribution in [0.2, 0.25) is 0 Å². The highest BCUT2D eigenvalue weighted by molar-refractivity contribution is 5.99. The van der Waals surface area contributed by atoms with Crippen LogP contribution in [0.5, 0.6) is 0 Å². The molecule has 0 radical (unpaired) electrons. The van der Waals surface area contributed by atoms with Crippen molar-refractivity contribution in [1.82, 2.24) is 10.3 Å². The van der Waals surface area contributed by atoms with E-state index in [2.05, 4.69) is 15.6 Å². The summed E-state index contributed by atoms with van der Waals surface area (Å²) in [6, 6.07) is 34.2. The highest BCUT2D eigenvalue weighted by atomic mass is 16.2. The number of carbonyl (C=O) groups excluding carboxylic acids is 2. The summed E-state index contributed by atoms with van der Waals surface area (Å²) in [7, 11) is 0. The number of hydrogen-bond acceptors (Lipinski definition) is 2. The van der Waals surface area contributed by atoms with Crippen molar-refractivity contribution in [2.45, 2.75) is 25.3 Å². The first-order chi connectivity index (χ1) is 18.1. The normalized spacial score (nSPS) is 11.8. The molecule has 1 heterocycles. The maximum Gasteiger partial charge on any atom is 0.247 e. The average Bonchev–Trinajstić information content (AvgIpc) is 3.32. The number of para-hydroxylation sites is 1. The van der Waals surface area contributed by atoms with Crippen molar-refractivity contribution in [3.63, 3.8) is 0 Å². The maximum absolute atomic E-state index is 13.9. The van der Waals surface area contributed by atoms with Gasteiger partial charge in [-0.1, -0.05) is 91.0 Å². The fraction of sp³-hybridized carbons (Fsp3) is 0.125. The van der Waals surface area contributed by atoms with Crippen molar-refractivity contribution in [2.24, 2.45) is 0 Å². The number of H-pyrrole nitrogens is 1. The molecule has 1 atom stereocenters. The van der Waals surface area contributed by atoms with E-state index in [9.17, 15) is 9.59 Å².